The molecule has 348 valence electrons. The van der Waals surface area contributed by atoms with E-state index in [0.29, 0.717) is 86.4 Å². The second-order valence-electron chi connectivity index (χ2n) is 12.7. The van der Waals surface area contributed by atoms with Crippen LogP contribution in [0.15, 0.2) is 116 Å². The highest BCUT2D eigenvalue weighted by molar-refractivity contribution is 5.75. The number of nitro groups is 1. The molecule has 0 saturated heterocycles. The molecule has 0 spiro atoms. The molecule has 0 bridgehead atoms. The number of aldehydes is 2. The Morgan fingerprint density at radius 2 is 0.727 bits per heavy atom. The fourth-order valence-corrected chi connectivity index (χ4v) is 5.53. The number of methoxy groups -OCH3 is 9. The van der Waals surface area contributed by atoms with E-state index in [1.165, 1.54) is 57.7 Å². The number of aromatic hydroxyl groups is 1. The average molecular weight is 910 g/mol. The highest BCUT2D eigenvalue weighted by Crippen LogP contribution is 2.43. The van der Waals surface area contributed by atoms with Gasteiger partial charge in [-0.1, -0.05) is 24.8 Å². The number of nitro benzene ring substituents is 1. The van der Waals surface area contributed by atoms with Crippen LogP contribution >= 0.6 is 0 Å². The SMILES string of the molecule is C=Cc1ccc(Oc2cc(OC)c(OC)c(OC)c2)cc1.COc1cc(O)cc(OC)c1OC.COc1cc(Oc2ccc(C=O)cc2)cc(OC)c1OC.O=Cc1ccc([N+](=O)[O-])cc1. The van der Waals surface area contributed by atoms with Gasteiger partial charge in [0.15, 0.2) is 34.5 Å². The van der Waals surface area contributed by atoms with E-state index in [2.05, 4.69) is 6.58 Å². The number of hydrogen-bond acceptors (Lipinski definition) is 16. The summed E-state index contributed by atoms with van der Waals surface area (Å²) >= 11 is 0. The molecule has 66 heavy (non-hydrogen) atoms. The van der Waals surface area contributed by atoms with Gasteiger partial charge >= 0.3 is 0 Å². The van der Waals surface area contributed by atoms with Crippen molar-refractivity contribution < 1.29 is 71.7 Å². The third kappa shape index (κ3) is 14.8. The topological polar surface area (TPSA) is 199 Å². The molecule has 0 saturated carbocycles. The Bertz CT molecular complexity index is 2300. The van der Waals surface area contributed by atoms with E-state index in [-0.39, 0.29) is 11.4 Å². The van der Waals surface area contributed by atoms with E-state index >= 15 is 0 Å². The molecule has 6 aromatic rings. The van der Waals surface area contributed by atoms with Crippen LogP contribution in [-0.4, -0.2) is 86.6 Å². The van der Waals surface area contributed by atoms with Gasteiger partial charge in [-0.05, 0) is 54.1 Å². The van der Waals surface area contributed by atoms with Gasteiger partial charge in [-0.3, -0.25) is 19.7 Å². The predicted molar refractivity (Wildman–Crippen MR) is 247 cm³/mol. The number of carbonyl (C=O) groups excluding carboxylic acids is 2. The normalized spacial score (nSPS) is 9.65. The second kappa shape index (κ2) is 26.8. The van der Waals surface area contributed by atoms with E-state index < -0.39 is 4.92 Å². The number of carbonyl (C=O) groups is 2. The molecule has 0 amide bonds. The van der Waals surface area contributed by atoms with Gasteiger partial charge in [0.2, 0.25) is 17.2 Å². The molecule has 0 aromatic heterocycles. The second-order valence-corrected chi connectivity index (χ2v) is 12.7. The Morgan fingerprint density at radius 1 is 0.439 bits per heavy atom. The van der Waals surface area contributed by atoms with Crippen LogP contribution in [0.5, 0.6) is 80.5 Å². The first-order valence-electron chi connectivity index (χ1n) is 19.3. The van der Waals surface area contributed by atoms with Crippen LogP contribution in [0.25, 0.3) is 6.08 Å². The zero-order valence-corrected chi connectivity index (χ0v) is 37.8. The summed E-state index contributed by atoms with van der Waals surface area (Å²) in [6.45, 7) is 3.72. The van der Waals surface area contributed by atoms with E-state index in [0.717, 1.165) is 17.6 Å². The maximum atomic E-state index is 10.6. The molecule has 0 atom stereocenters. The summed E-state index contributed by atoms with van der Waals surface area (Å²) in [6.07, 6.45) is 3.20. The highest BCUT2D eigenvalue weighted by atomic mass is 16.6. The number of ether oxygens (including phenoxy) is 11. The molecule has 0 radical (unpaired) electrons. The minimum absolute atomic E-state index is 0.00407. The first kappa shape index (κ1) is 51.7. The van der Waals surface area contributed by atoms with E-state index in [9.17, 15) is 24.8 Å². The van der Waals surface area contributed by atoms with Gasteiger partial charge in [0, 0.05) is 59.7 Å². The van der Waals surface area contributed by atoms with Crippen molar-refractivity contribution in [1.82, 2.24) is 0 Å². The number of phenols is 1. The van der Waals surface area contributed by atoms with E-state index in [4.69, 9.17) is 52.1 Å². The smallest absolute Gasteiger partial charge is 0.269 e. The molecular formula is C49H51NO16. The molecule has 17 heteroatoms. The summed E-state index contributed by atoms with van der Waals surface area (Å²) in [5, 5.41) is 19.4. The lowest BCUT2D eigenvalue weighted by molar-refractivity contribution is -0.384. The maximum Gasteiger partial charge on any atom is 0.269 e. The van der Waals surface area contributed by atoms with E-state index in [1.807, 2.05) is 24.3 Å². The summed E-state index contributed by atoms with van der Waals surface area (Å²) in [6, 6.07) is 29.6. The summed E-state index contributed by atoms with van der Waals surface area (Å²) in [4.78, 5) is 30.4. The van der Waals surface area contributed by atoms with Crippen molar-refractivity contribution in [3.63, 3.8) is 0 Å². The van der Waals surface area contributed by atoms with Crippen molar-refractivity contribution >= 4 is 24.3 Å². The maximum absolute atomic E-state index is 10.6. The number of non-ortho nitro benzene ring substituents is 1. The summed E-state index contributed by atoms with van der Waals surface area (Å²) in [5.41, 5.74) is 2.06. The molecule has 0 heterocycles. The minimum Gasteiger partial charge on any atom is -0.508 e. The number of hydrogen-bond donors (Lipinski definition) is 1. The molecule has 0 unspecified atom stereocenters. The van der Waals surface area contributed by atoms with Crippen LogP contribution in [0, 0.1) is 10.1 Å². The molecule has 1 N–H and O–H groups in total. The third-order valence-electron chi connectivity index (χ3n) is 8.77. The Balaban J connectivity index is 0.000000242. The predicted octanol–water partition coefficient (Wildman–Crippen LogP) is 10.3. The third-order valence-corrected chi connectivity index (χ3v) is 8.77. The quantitative estimate of drug-likeness (QED) is 0.0514. The van der Waals surface area contributed by atoms with Crippen molar-refractivity contribution in [3.05, 3.63) is 143 Å². The van der Waals surface area contributed by atoms with E-state index in [1.54, 1.807) is 97.3 Å². The van der Waals surface area contributed by atoms with Gasteiger partial charge in [-0.2, -0.15) is 0 Å². The average Bonchev–Trinajstić information content (AvgIpc) is 3.36. The highest BCUT2D eigenvalue weighted by Gasteiger charge is 2.16. The molecule has 0 fully saturated rings. The van der Waals surface area contributed by atoms with Gasteiger partial charge in [-0.25, -0.2) is 0 Å². The van der Waals surface area contributed by atoms with Crippen molar-refractivity contribution in [3.8, 4) is 80.5 Å². The zero-order valence-electron chi connectivity index (χ0n) is 37.8. The first-order valence-corrected chi connectivity index (χ1v) is 19.3. The Hall–Kier alpha value is -8.60. The lowest BCUT2D eigenvalue weighted by atomic mass is 10.2. The van der Waals surface area contributed by atoms with Crippen LogP contribution in [0.2, 0.25) is 0 Å². The van der Waals surface area contributed by atoms with Crippen molar-refractivity contribution in [1.29, 1.82) is 0 Å². The molecule has 6 aromatic carbocycles. The van der Waals surface area contributed by atoms with Gasteiger partial charge in [0.25, 0.3) is 5.69 Å². The summed E-state index contributed by atoms with van der Waals surface area (Å²) < 4.78 is 58.2. The first-order chi connectivity index (χ1) is 31.9. The lowest BCUT2D eigenvalue weighted by Crippen LogP contribution is -1.96. The Kier molecular flexibility index (Phi) is 21.0. The fraction of sp³-hybridized carbons (Fsp3) is 0.184. The zero-order chi connectivity index (χ0) is 48.6. The molecule has 0 aliphatic rings. The van der Waals surface area contributed by atoms with Crippen LogP contribution in [-0.2, 0) is 0 Å². The van der Waals surface area contributed by atoms with Gasteiger partial charge in [0.1, 0.15) is 41.3 Å². The monoisotopic (exact) mass is 909 g/mol. The summed E-state index contributed by atoms with van der Waals surface area (Å²) in [5.74, 6) is 7.08. The van der Waals surface area contributed by atoms with Crippen molar-refractivity contribution in [2.75, 3.05) is 64.0 Å². The standard InChI is InChI=1S/C17H18O4.C16H16O5.C9H12O4.C7H5NO3/c1-5-12-6-8-13(9-7-12)21-14-10-15(18-2)17(20-4)16(11-14)19-3;1-18-14-8-13(9-15(19-2)16(14)20-3)21-12-6-4-11(10-17)5-7-12;1-11-7-4-6(10)5-8(12-2)9(7)13-3;9-5-6-1-3-7(4-2-6)8(10)11/h5-11H,1H2,2-4H3;4-10H,1-3H3;4-5,10H,1-3H3;1-5H. The lowest BCUT2D eigenvalue weighted by Gasteiger charge is -2.14. The summed E-state index contributed by atoms with van der Waals surface area (Å²) in [7, 11) is 13.8. The van der Waals surface area contributed by atoms with Gasteiger partial charge in [-0.15, -0.1) is 0 Å². The van der Waals surface area contributed by atoms with Crippen molar-refractivity contribution in [2.45, 2.75) is 0 Å². The minimum atomic E-state index is -0.505. The number of benzene rings is 6. The van der Waals surface area contributed by atoms with Crippen LogP contribution in [0.3, 0.4) is 0 Å². The van der Waals surface area contributed by atoms with Crippen LogP contribution in [0.1, 0.15) is 26.3 Å². The van der Waals surface area contributed by atoms with Gasteiger partial charge < -0.3 is 57.2 Å². The fourth-order valence-electron chi connectivity index (χ4n) is 5.53. The largest absolute Gasteiger partial charge is 0.508 e. The molecule has 0 aliphatic heterocycles. The number of phenolic OH excluding ortho intramolecular Hbond substituents is 1. The molecule has 6 rings (SSSR count). The number of rotatable bonds is 17. The van der Waals surface area contributed by atoms with Gasteiger partial charge in [0.05, 0.1) is 68.9 Å². The van der Waals surface area contributed by atoms with Crippen LogP contribution in [0.4, 0.5) is 5.69 Å². The molecule has 17 nitrogen and oxygen atoms in total. The number of nitrogens with zero attached hydrogens (tertiary/aromatic N) is 1. The molecule has 0 aliphatic carbocycles. The van der Waals surface area contributed by atoms with Crippen LogP contribution < -0.4 is 52.1 Å². The van der Waals surface area contributed by atoms with Crippen molar-refractivity contribution in [2.24, 2.45) is 0 Å². The Morgan fingerprint density at radius 3 is 0.985 bits per heavy atom. The Labute approximate surface area is 382 Å². The molecular weight excluding hydrogens is 859 g/mol.